The van der Waals surface area contributed by atoms with Crippen LogP contribution in [0.25, 0.3) is 6.08 Å². The number of amides is 1. The molecule has 1 amide bonds. The fraction of sp³-hybridized carbons (Fsp3) is 0.682. The van der Waals surface area contributed by atoms with Crippen LogP contribution in [0.5, 0.6) is 0 Å². The standard InChI is InChI=1S/C22H35N3O4/c1-21(2,3)29-20(28)23-11-7-8-16(19(26)27)12-17-14-25(15-24-17)18-9-6-10-22(4,5)13-18/h12,14-15,18H,6-11,13H2,1-5H3,(H,23,28)(H,26,27). The first-order valence-electron chi connectivity index (χ1n) is 10.4. The van der Waals surface area contributed by atoms with Gasteiger partial charge in [-0.25, -0.2) is 14.6 Å². The van der Waals surface area contributed by atoms with Gasteiger partial charge in [-0.2, -0.15) is 0 Å². The minimum Gasteiger partial charge on any atom is -0.478 e. The summed E-state index contributed by atoms with van der Waals surface area (Å²) in [6.45, 7) is 10.3. The highest BCUT2D eigenvalue weighted by Gasteiger charge is 2.28. The number of alkyl carbamates (subject to hydrolysis) is 1. The zero-order valence-corrected chi connectivity index (χ0v) is 18.3. The summed E-state index contributed by atoms with van der Waals surface area (Å²) in [5.41, 5.74) is 0.718. The van der Waals surface area contributed by atoms with Crippen LogP contribution in [0.3, 0.4) is 0 Å². The molecule has 7 nitrogen and oxygen atoms in total. The molecule has 1 aliphatic carbocycles. The molecule has 1 aromatic rings. The number of aliphatic carboxylic acids is 1. The number of carboxylic acid groups (broad SMARTS) is 1. The van der Waals surface area contributed by atoms with Gasteiger partial charge in [0.25, 0.3) is 0 Å². The van der Waals surface area contributed by atoms with E-state index >= 15 is 0 Å². The Balaban J connectivity index is 1.91. The third kappa shape index (κ3) is 7.91. The van der Waals surface area contributed by atoms with Crippen molar-refractivity contribution in [1.29, 1.82) is 0 Å². The summed E-state index contributed by atoms with van der Waals surface area (Å²) in [5.74, 6) is -0.962. The van der Waals surface area contributed by atoms with E-state index in [4.69, 9.17) is 4.74 Å². The van der Waals surface area contributed by atoms with Gasteiger partial charge in [0.1, 0.15) is 5.60 Å². The predicted molar refractivity (Wildman–Crippen MR) is 113 cm³/mol. The molecule has 0 spiro atoms. The summed E-state index contributed by atoms with van der Waals surface area (Å²) >= 11 is 0. The maximum atomic E-state index is 11.6. The summed E-state index contributed by atoms with van der Waals surface area (Å²) in [6, 6.07) is 0.416. The minimum atomic E-state index is -0.962. The highest BCUT2D eigenvalue weighted by Crippen LogP contribution is 2.40. The number of nitrogens with one attached hydrogen (secondary N) is 1. The molecule has 0 bridgehead atoms. The molecule has 0 saturated heterocycles. The van der Waals surface area contributed by atoms with Gasteiger partial charge in [-0.15, -0.1) is 0 Å². The van der Waals surface area contributed by atoms with E-state index in [1.165, 1.54) is 12.8 Å². The van der Waals surface area contributed by atoms with E-state index in [0.29, 0.717) is 36.5 Å². The van der Waals surface area contributed by atoms with Gasteiger partial charge in [0.05, 0.1) is 12.0 Å². The Morgan fingerprint density at radius 1 is 1.41 bits per heavy atom. The number of carboxylic acids is 1. The van der Waals surface area contributed by atoms with Crippen LogP contribution in [0.2, 0.25) is 0 Å². The van der Waals surface area contributed by atoms with Crippen LogP contribution in [0.1, 0.15) is 84.9 Å². The second kappa shape index (κ2) is 9.46. The van der Waals surface area contributed by atoms with Crippen LogP contribution in [-0.2, 0) is 9.53 Å². The Bertz CT molecular complexity index is 743. The van der Waals surface area contributed by atoms with Crippen LogP contribution in [-0.4, -0.2) is 38.9 Å². The van der Waals surface area contributed by atoms with Gasteiger partial charge in [-0.05, 0) is 64.4 Å². The molecule has 1 aliphatic rings. The molecule has 1 atom stereocenters. The Morgan fingerprint density at radius 3 is 2.76 bits per heavy atom. The predicted octanol–water partition coefficient (Wildman–Crippen LogP) is 4.80. The minimum absolute atomic E-state index is 0.283. The maximum Gasteiger partial charge on any atom is 0.407 e. The van der Waals surface area contributed by atoms with E-state index < -0.39 is 17.7 Å². The molecular formula is C22H35N3O4. The van der Waals surface area contributed by atoms with Crippen LogP contribution in [0.15, 0.2) is 18.1 Å². The average Bonchev–Trinajstić information content (AvgIpc) is 3.03. The van der Waals surface area contributed by atoms with Gasteiger partial charge in [-0.3, -0.25) is 0 Å². The first-order valence-corrected chi connectivity index (χ1v) is 10.4. The van der Waals surface area contributed by atoms with Gasteiger partial charge < -0.3 is 19.7 Å². The maximum absolute atomic E-state index is 11.6. The Hall–Kier alpha value is -2.31. The second-order valence-electron chi connectivity index (χ2n) is 9.67. The summed E-state index contributed by atoms with van der Waals surface area (Å²) in [4.78, 5) is 27.6. The van der Waals surface area contributed by atoms with Crippen LogP contribution >= 0.6 is 0 Å². The Morgan fingerprint density at radius 2 is 2.14 bits per heavy atom. The monoisotopic (exact) mass is 405 g/mol. The molecule has 1 aromatic heterocycles. The van der Waals surface area contributed by atoms with Gasteiger partial charge >= 0.3 is 12.1 Å². The molecule has 1 saturated carbocycles. The number of ether oxygens (including phenoxy) is 1. The number of nitrogens with zero attached hydrogens (tertiary/aromatic N) is 2. The van der Waals surface area contributed by atoms with Crippen molar-refractivity contribution in [2.45, 2.75) is 84.8 Å². The molecule has 0 aliphatic heterocycles. The quantitative estimate of drug-likeness (QED) is 0.502. The lowest BCUT2D eigenvalue weighted by atomic mass is 9.75. The first kappa shape index (κ1) is 23.0. The SMILES string of the molecule is CC1(C)CCCC(n2cnc(C=C(CCCNC(=O)OC(C)(C)C)C(=O)O)c2)C1. The first-order chi connectivity index (χ1) is 13.5. The number of rotatable bonds is 7. The largest absolute Gasteiger partial charge is 0.478 e. The van der Waals surface area contributed by atoms with Crippen molar-refractivity contribution in [3.05, 3.63) is 23.8 Å². The summed E-state index contributed by atoms with van der Waals surface area (Å²) in [5, 5.41) is 12.2. The van der Waals surface area contributed by atoms with Crippen molar-refractivity contribution in [3.8, 4) is 0 Å². The van der Waals surface area contributed by atoms with Crippen molar-refractivity contribution < 1.29 is 19.4 Å². The van der Waals surface area contributed by atoms with Crippen molar-refractivity contribution in [1.82, 2.24) is 14.9 Å². The number of hydrogen-bond donors (Lipinski definition) is 2. The molecule has 1 fully saturated rings. The number of carbonyl (C=O) groups excluding carboxylic acids is 1. The lowest BCUT2D eigenvalue weighted by Gasteiger charge is -2.35. The fourth-order valence-electron chi connectivity index (χ4n) is 3.74. The van der Waals surface area contributed by atoms with Gasteiger partial charge in [-0.1, -0.05) is 20.3 Å². The van der Waals surface area contributed by atoms with Crippen molar-refractivity contribution in [2.75, 3.05) is 6.54 Å². The van der Waals surface area contributed by atoms with Crippen molar-refractivity contribution in [2.24, 2.45) is 5.41 Å². The number of hydrogen-bond acceptors (Lipinski definition) is 4. The van der Waals surface area contributed by atoms with E-state index in [2.05, 4.69) is 28.7 Å². The lowest BCUT2D eigenvalue weighted by molar-refractivity contribution is -0.132. The smallest absolute Gasteiger partial charge is 0.407 e. The average molecular weight is 406 g/mol. The molecule has 29 heavy (non-hydrogen) atoms. The molecule has 1 heterocycles. The summed E-state index contributed by atoms with van der Waals surface area (Å²) in [7, 11) is 0. The van der Waals surface area contributed by atoms with Crippen molar-refractivity contribution >= 4 is 18.1 Å². The molecule has 162 valence electrons. The highest BCUT2D eigenvalue weighted by molar-refractivity contribution is 5.91. The van der Waals surface area contributed by atoms with E-state index in [1.807, 2.05) is 6.20 Å². The van der Waals surface area contributed by atoms with Crippen LogP contribution < -0.4 is 5.32 Å². The van der Waals surface area contributed by atoms with Crippen molar-refractivity contribution in [3.63, 3.8) is 0 Å². The lowest BCUT2D eigenvalue weighted by Crippen LogP contribution is -2.33. The zero-order chi connectivity index (χ0) is 21.7. The topological polar surface area (TPSA) is 93.5 Å². The molecule has 7 heteroatoms. The summed E-state index contributed by atoms with van der Waals surface area (Å²) in [6.07, 6.45) is 10.4. The molecule has 0 radical (unpaired) electrons. The van der Waals surface area contributed by atoms with E-state index in [1.54, 1.807) is 33.2 Å². The molecule has 2 rings (SSSR count). The Kier molecular flexibility index (Phi) is 7.49. The van der Waals surface area contributed by atoms with E-state index in [-0.39, 0.29) is 5.57 Å². The van der Waals surface area contributed by atoms with E-state index in [0.717, 1.165) is 12.8 Å². The number of imidazole rings is 1. The number of carbonyl (C=O) groups is 2. The number of aromatic nitrogens is 2. The zero-order valence-electron chi connectivity index (χ0n) is 18.3. The van der Waals surface area contributed by atoms with Gasteiger partial charge in [0.2, 0.25) is 0 Å². The normalized spacial score (nSPS) is 19.6. The molecule has 0 aromatic carbocycles. The third-order valence-electron chi connectivity index (χ3n) is 5.11. The second-order valence-corrected chi connectivity index (χ2v) is 9.67. The third-order valence-corrected chi connectivity index (χ3v) is 5.11. The highest BCUT2D eigenvalue weighted by atomic mass is 16.6. The summed E-state index contributed by atoms with van der Waals surface area (Å²) < 4.78 is 7.29. The fourth-order valence-corrected chi connectivity index (χ4v) is 3.74. The Labute approximate surface area is 173 Å². The van der Waals surface area contributed by atoms with Gasteiger partial charge in [0.15, 0.2) is 0 Å². The van der Waals surface area contributed by atoms with E-state index in [9.17, 15) is 14.7 Å². The molecule has 2 N–H and O–H groups in total. The van der Waals surface area contributed by atoms with Gasteiger partial charge in [0, 0.05) is 24.4 Å². The molecular weight excluding hydrogens is 370 g/mol. The van der Waals surface area contributed by atoms with Crippen LogP contribution in [0.4, 0.5) is 4.79 Å². The molecule has 1 unspecified atom stereocenters. The van der Waals surface area contributed by atoms with Crippen LogP contribution in [0, 0.1) is 5.41 Å².